The Kier molecular flexibility index (Phi) is 4.01. The molecule has 1 amide bonds. The van der Waals surface area contributed by atoms with Crippen molar-refractivity contribution in [3.8, 4) is 0 Å². The van der Waals surface area contributed by atoms with Crippen LogP contribution in [0.4, 0.5) is 5.69 Å². The molecule has 1 atom stereocenters. The molecule has 0 spiro atoms. The highest BCUT2D eigenvalue weighted by atomic mass is 32.1. The van der Waals surface area contributed by atoms with Crippen molar-refractivity contribution in [2.24, 2.45) is 5.92 Å². The normalized spacial score (nSPS) is 12.6. The maximum atomic E-state index is 12.1. The number of nitrogen functional groups attached to an aromatic ring is 1. The lowest BCUT2D eigenvalue weighted by Crippen LogP contribution is -2.29. The van der Waals surface area contributed by atoms with Crippen molar-refractivity contribution >= 4 is 33.1 Å². The molecule has 0 aliphatic heterocycles. The molecule has 19 heavy (non-hydrogen) atoms. The number of nitrogens with one attached hydrogen (secondary N) is 1. The van der Waals surface area contributed by atoms with Crippen LogP contribution in [0.2, 0.25) is 0 Å². The number of thiophene rings is 1. The third kappa shape index (κ3) is 2.85. The number of amides is 1. The van der Waals surface area contributed by atoms with Gasteiger partial charge in [-0.2, -0.15) is 0 Å². The molecular formula is C13H17N3O2S. The zero-order valence-corrected chi connectivity index (χ0v) is 11.8. The van der Waals surface area contributed by atoms with E-state index in [-0.39, 0.29) is 18.4 Å². The summed E-state index contributed by atoms with van der Waals surface area (Å²) < 4.78 is 0. The number of aliphatic hydroxyl groups is 1. The highest BCUT2D eigenvalue weighted by Crippen LogP contribution is 2.32. The van der Waals surface area contributed by atoms with E-state index in [2.05, 4.69) is 10.3 Å². The molecule has 4 N–H and O–H groups in total. The maximum Gasteiger partial charge on any atom is 0.263 e. The SMILES string of the molecule is Cc1ccc2c(N)c(C(=O)NCC(C)CO)sc2n1. The van der Waals surface area contributed by atoms with Crippen LogP contribution < -0.4 is 11.1 Å². The van der Waals surface area contributed by atoms with Crippen molar-refractivity contribution < 1.29 is 9.90 Å². The number of aliphatic hydroxyl groups excluding tert-OH is 1. The Bertz CT molecular complexity index is 609. The van der Waals surface area contributed by atoms with E-state index in [0.29, 0.717) is 17.1 Å². The van der Waals surface area contributed by atoms with Gasteiger partial charge >= 0.3 is 0 Å². The summed E-state index contributed by atoms with van der Waals surface area (Å²) in [5.41, 5.74) is 7.36. The topological polar surface area (TPSA) is 88.2 Å². The summed E-state index contributed by atoms with van der Waals surface area (Å²) >= 11 is 1.29. The second-order valence-electron chi connectivity index (χ2n) is 4.65. The Morgan fingerprint density at radius 1 is 1.58 bits per heavy atom. The van der Waals surface area contributed by atoms with Crippen LogP contribution in [0.1, 0.15) is 22.3 Å². The Labute approximate surface area is 115 Å². The van der Waals surface area contributed by atoms with E-state index in [4.69, 9.17) is 10.8 Å². The minimum Gasteiger partial charge on any atom is -0.397 e. The molecule has 0 aliphatic carbocycles. The molecule has 102 valence electrons. The number of hydrogen-bond acceptors (Lipinski definition) is 5. The molecule has 0 aromatic carbocycles. The summed E-state index contributed by atoms with van der Waals surface area (Å²) in [6, 6.07) is 3.76. The van der Waals surface area contributed by atoms with Crippen molar-refractivity contribution in [3.63, 3.8) is 0 Å². The molecular weight excluding hydrogens is 262 g/mol. The van der Waals surface area contributed by atoms with E-state index in [1.54, 1.807) is 0 Å². The first-order valence-electron chi connectivity index (χ1n) is 6.07. The van der Waals surface area contributed by atoms with Crippen LogP contribution in [0.5, 0.6) is 0 Å². The number of hydrogen-bond donors (Lipinski definition) is 3. The Morgan fingerprint density at radius 2 is 2.32 bits per heavy atom. The Morgan fingerprint density at radius 3 is 3.00 bits per heavy atom. The van der Waals surface area contributed by atoms with Crippen molar-refractivity contribution in [1.29, 1.82) is 0 Å². The van der Waals surface area contributed by atoms with Gasteiger partial charge < -0.3 is 16.2 Å². The van der Waals surface area contributed by atoms with Crippen molar-refractivity contribution in [1.82, 2.24) is 10.3 Å². The van der Waals surface area contributed by atoms with Crippen molar-refractivity contribution in [2.75, 3.05) is 18.9 Å². The Balaban J connectivity index is 2.25. The first-order valence-corrected chi connectivity index (χ1v) is 6.89. The van der Waals surface area contributed by atoms with Gasteiger partial charge in [-0.15, -0.1) is 11.3 Å². The van der Waals surface area contributed by atoms with Gasteiger partial charge in [-0.1, -0.05) is 6.92 Å². The highest BCUT2D eigenvalue weighted by Gasteiger charge is 2.17. The number of rotatable bonds is 4. The van der Waals surface area contributed by atoms with Gasteiger partial charge in [0.25, 0.3) is 5.91 Å². The fourth-order valence-corrected chi connectivity index (χ4v) is 2.73. The van der Waals surface area contributed by atoms with Crippen LogP contribution in [-0.4, -0.2) is 29.1 Å². The van der Waals surface area contributed by atoms with Crippen molar-refractivity contribution in [2.45, 2.75) is 13.8 Å². The number of fused-ring (bicyclic) bond motifs is 1. The number of pyridine rings is 1. The first kappa shape index (κ1) is 13.8. The third-order valence-corrected chi connectivity index (χ3v) is 3.98. The smallest absolute Gasteiger partial charge is 0.263 e. The predicted molar refractivity (Wildman–Crippen MR) is 77.4 cm³/mol. The molecule has 0 fully saturated rings. The van der Waals surface area contributed by atoms with Crippen LogP contribution in [0.3, 0.4) is 0 Å². The van der Waals surface area contributed by atoms with Crippen LogP contribution in [0, 0.1) is 12.8 Å². The number of carbonyl (C=O) groups excluding carboxylic acids is 1. The minimum atomic E-state index is -0.210. The summed E-state index contributed by atoms with van der Waals surface area (Å²) in [6.07, 6.45) is 0. The van der Waals surface area contributed by atoms with Gasteiger partial charge in [0.2, 0.25) is 0 Å². The second kappa shape index (κ2) is 5.54. The molecule has 2 aromatic heterocycles. The van der Waals surface area contributed by atoms with Crippen LogP contribution in [-0.2, 0) is 0 Å². The van der Waals surface area contributed by atoms with Gasteiger partial charge in [-0.3, -0.25) is 4.79 Å². The van der Waals surface area contributed by atoms with E-state index in [9.17, 15) is 4.79 Å². The standard InChI is InChI=1S/C13H17N3O2S/c1-7(6-17)5-15-12(18)11-10(14)9-4-3-8(2)16-13(9)19-11/h3-4,7,17H,5-6,14H2,1-2H3,(H,15,18). The van der Waals surface area contributed by atoms with Gasteiger partial charge in [0, 0.05) is 24.2 Å². The average Bonchev–Trinajstić information content (AvgIpc) is 2.72. The number of anilines is 1. The molecule has 0 saturated heterocycles. The summed E-state index contributed by atoms with van der Waals surface area (Å²) in [5, 5.41) is 12.5. The van der Waals surface area contributed by atoms with Gasteiger partial charge in [0.15, 0.2) is 0 Å². The lowest BCUT2D eigenvalue weighted by molar-refractivity contribution is 0.0947. The summed E-state index contributed by atoms with van der Waals surface area (Å²) in [5.74, 6) is -0.182. The monoisotopic (exact) mass is 279 g/mol. The number of carbonyl (C=O) groups is 1. The third-order valence-electron chi connectivity index (χ3n) is 2.86. The number of nitrogens with two attached hydrogens (primary N) is 1. The molecule has 0 radical (unpaired) electrons. The van der Waals surface area contributed by atoms with Crippen LogP contribution >= 0.6 is 11.3 Å². The van der Waals surface area contributed by atoms with E-state index in [1.165, 1.54) is 11.3 Å². The zero-order valence-electron chi connectivity index (χ0n) is 10.9. The van der Waals surface area contributed by atoms with Gasteiger partial charge in [0.05, 0.1) is 5.69 Å². The number of nitrogens with zero attached hydrogens (tertiary/aromatic N) is 1. The summed E-state index contributed by atoms with van der Waals surface area (Å²) in [6.45, 7) is 4.23. The van der Waals surface area contributed by atoms with E-state index < -0.39 is 0 Å². The van der Waals surface area contributed by atoms with E-state index in [1.807, 2.05) is 26.0 Å². The molecule has 2 heterocycles. The van der Waals surface area contributed by atoms with E-state index in [0.717, 1.165) is 15.9 Å². The molecule has 5 nitrogen and oxygen atoms in total. The predicted octanol–water partition coefficient (Wildman–Crippen LogP) is 1.55. The maximum absolute atomic E-state index is 12.1. The molecule has 0 saturated carbocycles. The van der Waals surface area contributed by atoms with Crippen LogP contribution in [0.25, 0.3) is 10.2 Å². The fourth-order valence-electron chi connectivity index (χ4n) is 1.67. The van der Waals surface area contributed by atoms with Gasteiger partial charge in [0.1, 0.15) is 9.71 Å². The van der Waals surface area contributed by atoms with Gasteiger partial charge in [-0.05, 0) is 25.0 Å². The fraction of sp³-hybridized carbons (Fsp3) is 0.385. The van der Waals surface area contributed by atoms with E-state index >= 15 is 0 Å². The highest BCUT2D eigenvalue weighted by molar-refractivity contribution is 7.21. The van der Waals surface area contributed by atoms with Crippen molar-refractivity contribution in [3.05, 3.63) is 22.7 Å². The largest absolute Gasteiger partial charge is 0.397 e. The molecule has 0 bridgehead atoms. The lowest BCUT2D eigenvalue weighted by atomic mass is 10.2. The average molecular weight is 279 g/mol. The number of aryl methyl sites for hydroxylation is 1. The number of aromatic nitrogens is 1. The minimum absolute atomic E-state index is 0.0277. The summed E-state index contributed by atoms with van der Waals surface area (Å²) in [4.78, 5) is 17.7. The molecule has 6 heteroatoms. The first-order chi connectivity index (χ1) is 9.02. The Hall–Kier alpha value is -1.66. The van der Waals surface area contributed by atoms with Gasteiger partial charge in [-0.25, -0.2) is 4.98 Å². The summed E-state index contributed by atoms with van der Waals surface area (Å²) in [7, 11) is 0. The second-order valence-corrected chi connectivity index (χ2v) is 5.65. The molecule has 2 rings (SSSR count). The molecule has 0 aliphatic rings. The molecule has 1 unspecified atom stereocenters. The quantitative estimate of drug-likeness (QED) is 0.792. The lowest BCUT2D eigenvalue weighted by Gasteiger charge is -2.08. The van der Waals surface area contributed by atoms with Crippen LogP contribution in [0.15, 0.2) is 12.1 Å². The molecule has 2 aromatic rings. The zero-order chi connectivity index (χ0) is 14.0.